The fourth-order valence-electron chi connectivity index (χ4n) is 3.47. The number of hydrogen-bond donors (Lipinski definition) is 1. The van der Waals surface area contributed by atoms with Gasteiger partial charge in [0.05, 0.1) is 11.1 Å². The van der Waals surface area contributed by atoms with Crippen molar-refractivity contribution in [3.63, 3.8) is 0 Å². The summed E-state index contributed by atoms with van der Waals surface area (Å²) in [7, 11) is 0. The summed E-state index contributed by atoms with van der Waals surface area (Å²) in [5.74, 6) is -0.159. The molecule has 0 atom stereocenters. The lowest BCUT2D eigenvalue weighted by Gasteiger charge is -2.34. The number of aromatic nitrogens is 1. The molecule has 0 unspecified atom stereocenters. The second-order valence-corrected chi connectivity index (χ2v) is 6.64. The van der Waals surface area contributed by atoms with Gasteiger partial charge >= 0.3 is 0 Å². The zero-order chi connectivity index (χ0) is 16.9. The lowest BCUT2D eigenvalue weighted by atomic mass is 10.1. The maximum Gasteiger partial charge on any atom is 0.255 e. The maximum atomic E-state index is 12.6. The average Bonchev–Trinajstić information content (AvgIpc) is 3.14. The first-order valence-electron chi connectivity index (χ1n) is 8.95. The van der Waals surface area contributed by atoms with Crippen LogP contribution < -0.4 is 5.32 Å². The van der Waals surface area contributed by atoms with Crippen LogP contribution in [0.5, 0.6) is 0 Å². The van der Waals surface area contributed by atoms with Crippen LogP contribution in [-0.4, -0.2) is 65.4 Å². The molecule has 24 heavy (non-hydrogen) atoms. The fourth-order valence-corrected chi connectivity index (χ4v) is 3.47. The number of carbonyl (C=O) groups is 2. The summed E-state index contributed by atoms with van der Waals surface area (Å²) >= 11 is 0. The third kappa shape index (κ3) is 3.93. The smallest absolute Gasteiger partial charge is 0.255 e. The highest BCUT2D eigenvalue weighted by Crippen LogP contribution is 2.18. The molecule has 2 amide bonds. The predicted molar refractivity (Wildman–Crippen MR) is 92.0 cm³/mol. The van der Waals surface area contributed by atoms with Gasteiger partial charge in [-0.15, -0.1) is 0 Å². The van der Waals surface area contributed by atoms with Gasteiger partial charge in [-0.1, -0.05) is 19.8 Å². The Bertz CT molecular complexity index is 590. The number of hydrogen-bond acceptors (Lipinski definition) is 4. The van der Waals surface area contributed by atoms with Gasteiger partial charge in [-0.25, -0.2) is 0 Å². The largest absolute Gasteiger partial charge is 0.349 e. The molecule has 130 valence electrons. The monoisotopic (exact) mass is 330 g/mol. The number of carbonyl (C=O) groups excluding carboxylic acids is 2. The molecular formula is C18H26N4O2. The molecule has 2 heterocycles. The Labute approximate surface area is 143 Å². The van der Waals surface area contributed by atoms with Crippen molar-refractivity contribution in [1.82, 2.24) is 20.1 Å². The standard InChI is InChI=1S/C18H26N4O2/c1-2-21-7-9-22(10-8-21)18(24)15-11-14(12-19-13-15)17(23)20-16-5-3-4-6-16/h11-13,16H,2-10H2,1H3,(H,20,23). The van der Waals surface area contributed by atoms with Gasteiger partial charge < -0.3 is 15.1 Å². The Morgan fingerprint density at radius 2 is 1.79 bits per heavy atom. The quantitative estimate of drug-likeness (QED) is 0.909. The third-order valence-corrected chi connectivity index (χ3v) is 5.04. The zero-order valence-electron chi connectivity index (χ0n) is 14.3. The molecule has 1 N–H and O–H groups in total. The molecule has 2 aliphatic rings. The molecule has 1 aromatic heterocycles. The van der Waals surface area contributed by atoms with Gasteiger partial charge in [0.15, 0.2) is 0 Å². The van der Waals surface area contributed by atoms with Crippen LogP contribution >= 0.6 is 0 Å². The van der Waals surface area contributed by atoms with Crippen molar-refractivity contribution in [1.29, 1.82) is 0 Å². The number of nitrogens with one attached hydrogen (secondary N) is 1. The summed E-state index contributed by atoms with van der Waals surface area (Å²) in [5.41, 5.74) is 0.971. The summed E-state index contributed by atoms with van der Waals surface area (Å²) in [4.78, 5) is 33.3. The summed E-state index contributed by atoms with van der Waals surface area (Å²) in [6.45, 7) is 6.40. The van der Waals surface area contributed by atoms with Crippen LogP contribution in [0.1, 0.15) is 53.3 Å². The van der Waals surface area contributed by atoms with Crippen molar-refractivity contribution >= 4 is 11.8 Å². The number of likely N-dealkylation sites (N-methyl/N-ethyl adjacent to an activating group) is 1. The van der Waals surface area contributed by atoms with Crippen LogP contribution in [0.3, 0.4) is 0 Å². The molecule has 0 aromatic carbocycles. The number of nitrogens with zero attached hydrogens (tertiary/aromatic N) is 3. The molecule has 1 aliphatic carbocycles. The van der Waals surface area contributed by atoms with E-state index in [4.69, 9.17) is 0 Å². The van der Waals surface area contributed by atoms with Crippen molar-refractivity contribution < 1.29 is 9.59 Å². The maximum absolute atomic E-state index is 12.6. The zero-order valence-corrected chi connectivity index (χ0v) is 14.3. The van der Waals surface area contributed by atoms with Crippen LogP contribution in [0.15, 0.2) is 18.5 Å². The van der Waals surface area contributed by atoms with Crippen LogP contribution in [0, 0.1) is 0 Å². The molecule has 0 spiro atoms. The Morgan fingerprint density at radius 1 is 1.12 bits per heavy atom. The van der Waals surface area contributed by atoms with Gasteiger partial charge in [0.1, 0.15) is 0 Å². The van der Waals surface area contributed by atoms with Crippen LogP contribution in [0.2, 0.25) is 0 Å². The fraction of sp³-hybridized carbons (Fsp3) is 0.611. The van der Waals surface area contributed by atoms with E-state index in [0.29, 0.717) is 11.1 Å². The molecule has 1 aromatic rings. The molecule has 1 aliphatic heterocycles. The van der Waals surface area contributed by atoms with Gasteiger partial charge in [-0.3, -0.25) is 14.6 Å². The molecular weight excluding hydrogens is 304 g/mol. The molecule has 1 saturated heterocycles. The molecule has 1 saturated carbocycles. The highest BCUT2D eigenvalue weighted by Gasteiger charge is 2.23. The third-order valence-electron chi connectivity index (χ3n) is 5.04. The van der Waals surface area contributed by atoms with Gasteiger partial charge in [0, 0.05) is 44.6 Å². The van der Waals surface area contributed by atoms with E-state index in [9.17, 15) is 9.59 Å². The number of amides is 2. The highest BCUT2D eigenvalue weighted by atomic mass is 16.2. The van der Waals surface area contributed by atoms with Gasteiger partial charge in [0.2, 0.25) is 0 Å². The molecule has 2 fully saturated rings. The van der Waals surface area contributed by atoms with Gasteiger partial charge in [-0.2, -0.15) is 0 Å². The van der Waals surface area contributed by atoms with E-state index in [1.54, 1.807) is 12.3 Å². The Kier molecular flexibility index (Phi) is 5.45. The summed E-state index contributed by atoms with van der Waals surface area (Å²) in [5, 5.41) is 3.04. The average molecular weight is 330 g/mol. The van der Waals surface area contributed by atoms with E-state index >= 15 is 0 Å². The van der Waals surface area contributed by atoms with Gasteiger partial charge in [0.25, 0.3) is 11.8 Å². The van der Waals surface area contributed by atoms with E-state index in [2.05, 4.69) is 22.1 Å². The summed E-state index contributed by atoms with van der Waals surface area (Å²) in [6, 6.07) is 1.94. The number of piperazine rings is 1. The minimum Gasteiger partial charge on any atom is -0.349 e. The van der Waals surface area contributed by atoms with E-state index < -0.39 is 0 Å². The molecule has 3 rings (SSSR count). The van der Waals surface area contributed by atoms with Crippen LogP contribution in [0.4, 0.5) is 0 Å². The second kappa shape index (κ2) is 7.75. The lowest BCUT2D eigenvalue weighted by molar-refractivity contribution is 0.0643. The first-order chi connectivity index (χ1) is 11.7. The lowest BCUT2D eigenvalue weighted by Crippen LogP contribution is -2.48. The summed E-state index contributed by atoms with van der Waals surface area (Å²) in [6.07, 6.45) is 7.52. The molecule has 0 radical (unpaired) electrons. The van der Waals surface area contributed by atoms with Crippen LogP contribution in [-0.2, 0) is 0 Å². The minimum absolute atomic E-state index is 0.0335. The van der Waals surface area contributed by atoms with Crippen molar-refractivity contribution in [2.45, 2.75) is 38.6 Å². The van der Waals surface area contributed by atoms with Gasteiger partial charge in [-0.05, 0) is 25.5 Å². The second-order valence-electron chi connectivity index (χ2n) is 6.64. The topological polar surface area (TPSA) is 65.5 Å². The van der Waals surface area contributed by atoms with Crippen molar-refractivity contribution in [3.8, 4) is 0 Å². The first-order valence-corrected chi connectivity index (χ1v) is 8.95. The predicted octanol–water partition coefficient (Wildman–Crippen LogP) is 1.53. The van der Waals surface area contributed by atoms with E-state index in [0.717, 1.165) is 45.6 Å². The Hall–Kier alpha value is -1.95. The molecule has 0 bridgehead atoms. The number of rotatable bonds is 4. The minimum atomic E-state index is -0.125. The Morgan fingerprint density at radius 3 is 2.46 bits per heavy atom. The SMILES string of the molecule is CCN1CCN(C(=O)c2cncc(C(=O)NC3CCCC3)c2)CC1. The first kappa shape index (κ1) is 16.9. The van der Waals surface area contributed by atoms with Crippen molar-refractivity contribution in [2.75, 3.05) is 32.7 Å². The van der Waals surface area contributed by atoms with Crippen molar-refractivity contribution in [2.24, 2.45) is 0 Å². The van der Waals surface area contributed by atoms with E-state index in [1.165, 1.54) is 19.0 Å². The Balaban J connectivity index is 1.63. The van der Waals surface area contributed by atoms with Crippen molar-refractivity contribution in [3.05, 3.63) is 29.6 Å². The summed E-state index contributed by atoms with van der Waals surface area (Å²) < 4.78 is 0. The normalized spacial score (nSPS) is 19.5. The molecule has 6 heteroatoms. The van der Waals surface area contributed by atoms with Crippen LogP contribution in [0.25, 0.3) is 0 Å². The van der Waals surface area contributed by atoms with E-state index in [1.807, 2.05) is 4.90 Å². The highest BCUT2D eigenvalue weighted by molar-refractivity contribution is 5.99. The molecule has 6 nitrogen and oxygen atoms in total. The number of pyridine rings is 1. The van der Waals surface area contributed by atoms with E-state index in [-0.39, 0.29) is 17.9 Å².